The van der Waals surface area contributed by atoms with Gasteiger partial charge in [-0.15, -0.1) is 11.8 Å². The Labute approximate surface area is 108 Å². The number of hydrogen-bond acceptors (Lipinski definition) is 2. The Kier molecular flexibility index (Phi) is 5.06. The second-order valence-corrected chi connectivity index (χ2v) is 5.45. The summed E-state index contributed by atoms with van der Waals surface area (Å²) in [6, 6.07) is 8.24. The van der Waals surface area contributed by atoms with E-state index in [2.05, 4.69) is 27.7 Å². The summed E-state index contributed by atoms with van der Waals surface area (Å²) >= 11 is 1.62. The molecule has 0 aromatic heterocycles. The van der Waals surface area contributed by atoms with E-state index in [4.69, 9.17) is 0 Å². The zero-order valence-electron chi connectivity index (χ0n) is 11.2. The van der Waals surface area contributed by atoms with Gasteiger partial charge in [-0.3, -0.25) is 4.79 Å². The van der Waals surface area contributed by atoms with Gasteiger partial charge in [-0.05, 0) is 46.1 Å². The zero-order valence-corrected chi connectivity index (χ0v) is 12.0. The molecular formula is C14H21NOS. The van der Waals surface area contributed by atoms with Gasteiger partial charge in [0.2, 0.25) is 0 Å². The quantitative estimate of drug-likeness (QED) is 0.761. The first kappa shape index (κ1) is 14.1. The van der Waals surface area contributed by atoms with Crippen LogP contribution in [0.25, 0.3) is 0 Å². The number of carbonyl (C=O) groups is 1. The number of hydrogen-bond donors (Lipinski definition) is 0. The zero-order chi connectivity index (χ0) is 13.0. The van der Waals surface area contributed by atoms with Crippen LogP contribution in [0.1, 0.15) is 38.1 Å². The SMILES string of the molecule is CSc1ccccc1C(=O)N(C(C)C)C(C)C. The summed E-state index contributed by atoms with van der Waals surface area (Å²) < 4.78 is 0. The molecule has 0 spiro atoms. The van der Waals surface area contributed by atoms with Crippen molar-refractivity contribution in [1.82, 2.24) is 4.90 Å². The molecule has 0 saturated carbocycles. The first-order valence-electron chi connectivity index (χ1n) is 5.94. The Bertz CT molecular complexity index is 380. The molecule has 0 atom stereocenters. The van der Waals surface area contributed by atoms with Gasteiger partial charge in [0.15, 0.2) is 0 Å². The molecule has 0 N–H and O–H groups in total. The van der Waals surface area contributed by atoms with E-state index in [0.29, 0.717) is 0 Å². The molecule has 1 aromatic rings. The molecule has 0 heterocycles. The Morgan fingerprint density at radius 1 is 1.12 bits per heavy atom. The third-order valence-corrected chi connectivity index (χ3v) is 3.48. The van der Waals surface area contributed by atoms with E-state index in [1.807, 2.05) is 35.4 Å². The second-order valence-electron chi connectivity index (χ2n) is 4.60. The van der Waals surface area contributed by atoms with Crippen LogP contribution in [0.5, 0.6) is 0 Å². The second kappa shape index (κ2) is 6.10. The Balaban J connectivity index is 3.09. The van der Waals surface area contributed by atoms with Crippen LogP contribution >= 0.6 is 11.8 Å². The van der Waals surface area contributed by atoms with Gasteiger partial charge in [-0.2, -0.15) is 0 Å². The van der Waals surface area contributed by atoms with Gasteiger partial charge in [0.25, 0.3) is 5.91 Å². The number of rotatable bonds is 4. The molecule has 0 unspecified atom stereocenters. The number of carbonyl (C=O) groups excluding carboxylic acids is 1. The van der Waals surface area contributed by atoms with Crippen molar-refractivity contribution in [2.45, 2.75) is 44.7 Å². The maximum atomic E-state index is 12.5. The smallest absolute Gasteiger partial charge is 0.255 e. The van der Waals surface area contributed by atoms with Crippen molar-refractivity contribution in [3.05, 3.63) is 29.8 Å². The summed E-state index contributed by atoms with van der Waals surface area (Å²) in [4.78, 5) is 15.5. The molecule has 1 aromatic carbocycles. The van der Waals surface area contributed by atoms with E-state index in [1.54, 1.807) is 11.8 Å². The predicted octanol–water partition coefficient (Wildman–Crippen LogP) is 3.67. The summed E-state index contributed by atoms with van der Waals surface area (Å²) in [5.74, 6) is 0.125. The monoisotopic (exact) mass is 251 g/mol. The Hall–Kier alpha value is -0.960. The number of amides is 1. The van der Waals surface area contributed by atoms with Crippen molar-refractivity contribution in [3.8, 4) is 0 Å². The average molecular weight is 251 g/mol. The molecule has 0 saturated heterocycles. The number of benzene rings is 1. The van der Waals surface area contributed by atoms with Gasteiger partial charge in [0, 0.05) is 17.0 Å². The molecule has 17 heavy (non-hydrogen) atoms. The molecule has 0 aliphatic heterocycles. The third kappa shape index (κ3) is 3.25. The Morgan fingerprint density at radius 3 is 2.12 bits per heavy atom. The highest BCUT2D eigenvalue weighted by Crippen LogP contribution is 2.23. The maximum absolute atomic E-state index is 12.5. The van der Waals surface area contributed by atoms with Crippen molar-refractivity contribution in [2.75, 3.05) is 6.26 Å². The molecule has 3 heteroatoms. The highest BCUT2D eigenvalue weighted by molar-refractivity contribution is 7.98. The summed E-state index contributed by atoms with van der Waals surface area (Å²) in [7, 11) is 0. The largest absolute Gasteiger partial charge is 0.334 e. The summed E-state index contributed by atoms with van der Waals surface area (Å²) in [6.07, 6.45) is 2.00. The fraction of sp³-hybridized carbons (Fsp3) is 0.500. The van der Waals surface area contributed by atoms with Crippen molar-refractivity contribution >= 4 is 17.7 Å². The van der Waals surface area contributed by atoms with Gasteiger partial charge in [-0.25, -0.2) is 0 Å². The fourth-order valence-electron chi connectivity index (χ4n) is 2.03. The summed E-state index contributed by atoms with van der Waals surface area (Å²) in [6.45, 7) is 8.22. The van der Waals surface area contributed by atoms with E-state index >= 15 is 0 Å². The lowest BCUT2D eigenvalue weighted by Gasteiger charge is -2.31. The molecule has 1 rings (SSSR count). The van der Waals surface area contributed by atoms with Crippen LogP contribution in [0.4, 0.5) is 0 Å². The van der Waals surface area contributed by atoms with Crippen LogP contribution in [0.2, 0.25) is 0 Å². The van der Waals surface area contributed by atoms with Gasteiger partial charge < -0.3 is 4.90 Å². The lowest BCUT2D eigenvalue weighted by molar-refractivity contribution is 0.0640. The van der Waals surface area contributed by atoms with Crippen LogP contribution in [0.3, 0.4) is 0 Å². The van der Waals surface area contributed by atoms with Gasteiger partial charge in [-0.1, -0.05) is 12.1 Å². The predicted molar refractivity (Wildman–Crippen MR) is 74.7 cm³/mol. The molecule has 94 valence electrons. The lowest BCUT2D eigenvalue weighted by atomic mass is 10.1. The highest BCUT2D eigenvalue weighted by Gasteiger charge is 2.23. The molecule has 0 aliphatic carbocycles. The van der Waals surface area contributed by atoms with Crippen LogP contribution in [0, 0.1) is 0 Å². The van der Waals surface area contributed by atoms with Gasteiger partial charge in [0.1, 0.15) is 0 Å². The van der Waals surface area contributed by atoms with E-state index < -0.39 is 0 Å². The standard InChI is InChI=1S/C14H21NOS/c1-10(2)15(11(3)4)14(16)12-8-6-7-9-13(12)17-5/h6-11H,1-5H3. The number of nitrogens with zero attached hydrogens (tertiary/aromatic N) is 1. The highest BCUT2D eigenvalue weighted by atomic mass is 32.2. The molecule has 2 nitrogen and oxygen atoms in total. The topological polar surface area (TPSA) is 20.3 Å². The van der Waals surface area contributed by atoms with Crippen LogP contribution in [-0.2, 0) is 0 Å². The van der Waals surface area contributed by atoms with E-state index in [0.717, 1.165) is 10.5 Å². The van der Waals surface area contributed by atoms with Crippen molar-refractivity contribution in [1.29, 1.82) is 0 Å². The fourth-order valence-corrected chi connectivity index (χ4v) is 2.62. The summed E-state index contributed by atoms with van der Waals surface area (Å²) in [5.41, 5.74) is 0.808. The molecule has 0 aliphatic rings. The van der Waals surface area contributed by atoms with Crippen molar-refractivity contribution < 1.29 is 4.79 Å². The minimum absolute atomic E-state index is 0.125. The van der Waals surface area contributed by atoms with Gasteiger partial charge in [0.05, 0.1) is 5.56 Å². The van der Waals surface area contributed by atoms with Crippen molar-refractivity contribution in [3.63, 3.8) is 0 Å². The molecule has 0 bridgehead atoms. The van der Waals surface area contributed by atoms with E-state index in [1.165, 1.54) is 0 Å². The van der Waals surface area contributed by atoms with Gasteiger partial charge >= 0.3 is 0 Å². The average Bonchev–Trinajstić information content (AvgIpc) is 2.27. The Morgan fingerprint density at radius 2 is 1.65 bits per heavy atom. The van der Waals surface area contributed by atoms with Crippen LogP contribution < -0.4 is 0 Å². The van der Waals surface area contributed by atoms with E-state index in [-0.39, 0.29) is 18.0 Å². The summed E-state index contributed by atoms with van der Waals surface area (Å²) in [5, 5.41) is 0. The number of thioether (sulfide) groups is 1. The lowest BCUT2D eigenvalue weighted by Crippen LogP contribution is -2.42. The molecule has 0 fully saturated rings. The van der Waals surface area contributed by atoms with E-state index in [9.17, 15) is 4.79 Å². The third-order valence-electron chi connectivity index (χ3n) is 2.68. The normalized spacial score (nSPS) is 11.0. The first-order chi connectivity index (χ1) is 7.99. The minimum Gasteiger partial charge on any atom is -0.334 e. The first-order valence-corrected chi connectivity index (χ1v) is 7.17. The molecular weight excluding hydrogens is 230 g/mol. The molecule has 0 radical (unpaired) electrons. The minimum atomic E-state index is 0.125. The molecule has 1 amide bonds. The maximum Gasteiger partial charge on any atom is 0.255 e. The van der Waals surface area contributed by atoms with Crippen LogP contribution in [-0.4, -0.2) is 29.1 Å². The van der Waals surface area contributed by atoms with Crippen LogP contribution in [0.15, 0.2) is 29.2 Å². The van der Waals surface area contributed by atoms with Crippen molar-refractivity contribution in [2.24, 2.45) is 0 Å².